The largest absolute Gasteiger partial charge is 0.296 e. The number of hydrogen-bond donors (Lipinski definition) is 0. The van der Waals surface area contributed by atoms with Gasteiger partial charge in [-0.3, -0.25) is 4.90 Å². The molecule has 0 unspecified atom stereocenters. The number of pyridine rings is 1. The molecule has 3 heteroatoms. The van der Waals surface area contributed by atoms with E-state index in [1.165, 1.54) is 49.4 Å². The standard InChI is InChI=1S/C15H24N2S/c1-3-5-11-17-12-7-9-14(17)13-8-6-10-16-15(13)18-4-2/h6,8,10,14H,3-5,7,9,11-12H2,1-2H3/t14-/m0/s1. The maximum atomic E-state index is 4.56. The molecule has 1 aromatic rings. The van der Waals surface area contributed by atoms with Crippen molar-refractivity contribution in [2.45, 2.75) is 50.6 Å². The molecule has 0 saturated carbocycles. The van der Waals surface area contributed by atoms with Gasteiger partial charge in [0.05, 0.1) is 0 Å². The normalized spacial score (nSPS) is 20.4. The smallest absolute Gasteiger partial charge is 0.101 e. The molecule has 0 radical (unpaired) electrons. The van der Waals surface area contributed by atoms with Gasteiger partial charge in [0.25, 0.3) is 0 Å². The van der Waals surface area contributed by atoms with Crippen molar-refractivity contribution in [2.24, 2.45) is 0 Å². The number of unbranched alkanes of at least 4 members (excludes halogenated alkanes) is 1. The number of aromatic nitrogens is 1. The van der Waals surface area contributed by atoms with Gasteiger partial charge >= 0.3 is 0 Å². The molecule has 1 aromatic heterocycles. The van der Waals surface area contributed by atoms with E-state index in [4.69, 9.17) is 0 Å². The average molecular weight is 264 g/mol. The van der Waals surface area contributed by atoms with Crippen molar-refractivity contribution in [3.05, 3.63) is 23.9 Å². The Morgan fingerprint density at radius 2 is 2.33 bits per heavy atom. The van der Waals surface area contributed by atoms with E-state index in [1.54, 1.807) is 0 Å². The van der Waals surface area contributed by atoms with Crippen LogP contribution in [0.15, 0.2) is 23.4 Å². The van der Waals surface area contributed by atoms with Gasteiger partial charge in [0.2, 0.25) is 0 Å². The second kappa shape index (κ2) is 7.15. The van der Waals surface area contributed by atoms with Gasteiger partial charge < -0.3 is 0 Å². The molecule has 1 aliphatic rings. The fraction of sp³-hybridized carbons (Fsp3) is 0.667. The fourth-order valence-electron chi connectivity index (χ4n) is 2.72. The van der Waals surface area contributed by atoms with Crippen molar-refractivity contribution in [1.82, 2.24) is 9.88 Å². The van der Waals surface area contributed by atoms with Crippen molar-refractivity contribution in [3.63, 3.8) is 0 Å². The van der Waals surface area contributed by atoms with Gasteiger partial charge in [0, 0.05) is 17.8 Å². The number of hydrogen-bond acceptors (Lipinski definition) is 3. The maximum Gasteiger partial charge on any atom is 0.101 e. The molecule has 1 saturated heterocycles. The monoisotopic (exact) mass is 264 g/mol. The third-order valence-electron chi connectivity index (χ3n) is 3.60. The van der Waals surface area contributed by atoms with Crippen molar-refractivity contribution < 1.29 is 0 Å². The molecular weight excluding hydrogens is 240 g/mol. The summed E-state index contributed by atoms with van der Waals surface area (Å²) in [6.07, 6.45) is 7.15. The van der Waals surface area contributed by atoms with E-state index >= 15 is 0 Å². The molecule has 0 N–H and O–H groups in total. The fourth-order valence-corrected chi connectivity index (χ4v) is 3.50. The third kappa shape index (κ3) is 3.27. The van der Waals surface area contributed by atoms with Gasteiger partial charge in [-0.2, -0.15) is 0 Å². The number of likely N-dealkylation sites (tertiary alicyclic amines) is 1. The Morgan fingerprint density at radius 1 is 1.44 bits per heavy atom. The lowest BCUT2D eigenvalue weighted by molar-refractivity contribution is 0.250. The first-order valence-electron chi connectivity index (χ1n) is 7.18. The highest BCUT2D eigenvalue weighted by Crippen LogP contribution is 2.36. The maximum absolute atomic E-state index is 4.56. The molecule has 0 aromatic carbocycles. The van der Waals surface area contributed by atoms with Crippen molar-refractivity contribution in [3.8, 4) is 0 Å². The summed E-state index contributed by atoms with van der Waals surface area (Å²) < 4.78 is 0. The lowest BCUT2D eigenvalue weighted by Gasteiger charge is -2.25. The predicted octanol–water partition coefficient (Wildman–Crippen LogP) is 4.13. The Bertz CT molecular complexity index is 367. The summed E-state index contributed by atoms with van der Waals surface area (Å²) in [7, 11) is 0. The lowest BCUT2D eigenvalue weighted by Crippen LogP contribution is -2.24. The highest BCUT2D eigenvalue weighted by Gasteiger charge is 2.27. The van der Waals surface area contributed by atoms with Gasteiger partial charge in [-0.1, -0.05) is 26.3 Å². The Labute approximate surface area is 115 Å². The third-order valence-corrected chi connectivity index (χ3v) is 4.51. The Morgan fingerprint density at radius 3 is 3.11 bits per heavy atom. The van der Waals surface area contributed by atoms with E-state index in [0.29, 0.717) is 6.04 Å². The van der Waals surface area contributed by atoms with Crippen LogP contribution in [0, 0.1) is 0 Å². The van der Waals surface area contributed by atoms with Crippen molar-refractivity contribution in [2.75, 3.05) is 18.8 Å². The molecule has 2 heterocycles. The van der Waals surface area contributed by atoms with E-state index in [9.17, 15) is 0 Å². The van der Waals surface area contributed by atoms with Crippen LogP contribution in [-0.4, -0.2) is 28.7 Å². The number of thioether (sulfide) groups is 1. The van der Waals surface area contributed by atoms with Crippen LogP contribution in [0.1, 0.15) is 51.1 Å². The summed E-state index contributed by atoms with van der Waals surface area (Å²) in [5.74, 6) is 1.10. The minimum Gasteiger partial charge on any atom is -0.296 e. The van der Waals surface area contributed by atoms with Crippen LogP contribution in [0.4, 0.5) is 0 Å². The van der Waals surface area contributed by atoms with Crippen molar-refractivity contribution in [1.29, 1.82) is 0 Å². The summed E-state index contributed by atoms with van der Waals surface area (Å²) >= 11 is 1.88. The highest BCUT2D eigenvalue weighted by atomic mass is 32.2. The summed E-state index contributed by atoms with van der Waals surface area (Å²) in [6.45, 7) is 6.97. The molecule has 2 nitrogen and oxygen atoms in total. The van der Waals surface area contributed by atoms with Gasteiger partial charge in [0.1, 0.15) is 5.03 Å². The molecule has 0 bridgehead atoms. The molecule has 0 amide bonds. The molecule has 2 rings (SSSR count). The summed E-state index contributed by atoms with van der Waals surface area (Å²) in [4.78, 5) is 7.22. The van der Waals surface area contributed by atoms with Crippen molar-refractivity contribution >= 4 is 11.8 Å². The molecule has 1 fully saturated rings. The van der Waals surface area contributed by atoms with E-state index in [0.717, 1.165) is 5.75 Å². The summed E-state index contributed by atoms with van der Waals surface area (Å²) in [6, 6.07) is 4.98. The van der Waals surface area contributed by atoms with E-state index in [-0.39, 0.29) is 0 Å². The Hall–Kier alpha value is -0.540. The van der Waals surface area contributed by atoms with E-state index in [1.807, 2.05) is 18.0 Å². The van der Waals surface area contributed by atoms with Crippen LogP contribution in [0.5, 0.6) is 0 Å². The van der Waals surface area contributed by atoms with Crippen LogP contribution in [0.3, 0.4) is 0 Å². The van der Waals surface area contributed by atoms with Crippen LogP contribution < -0.4 is 0 Å². The first-order chi connectivity index (χ1) is 8.86. The van der Waals surface area contributed by atoms with Crippen LogP contribution >= 0.6 is 11.8 Å². The number of rotatable bonds is 6. The molecule has 100 valence electrons. The zero-order chi connectivity index (χ0) is 12.8. The summed E-state index contributed by atoms with van der Waals surface area (Å²) in [5.41, 5.74) is 1.46. The lowest BCUT2D eigenvalue weighted by atomic mass is 10.1. The average Bonchev–Trinajstić information content (AvgIpc) is 2.85. The zero-order valence-electron chi connectivity index (χ0n) is 11.6. The van der Waals surface area contributed by atoms with E-state index in [2.05, 4.69) is 35.9 Å². The van der Waals surface area contributed by atoms with Gasteiger partial charge in [-0.15, -0.1) is 11.8 Å². The molecule has 0 aliphatic carbocycles. The van der Waals surface area contributed by atoms with Gasteiger partial charge in [-0.25, -0.2) is 4.98 Å². The van der Waals surface area contributed by atoms with Gasteiger partial charge in [0.15, 0.2) is 0 Å². The minimum atomic E-state index is 0.610. The second-order valence-electron chi connectivity index (χ2n) is 4.88. The highest BCUT2D eigenvalue weighted by molar-refractivity contribution is 7.99. The summed E-state index contributed by atoms with van der Waals surface area (Å²) in [5, 5.41) is 1.24. The minimum absolute atomic E-state index is 0.610. The first-order valence-corrected chi connectivity index (χ1v) is 8.17. The van der Waals surface area contributed by atoms with Gasteiger partial charge in [-0.05, 0) is 44.2 Å². The molecule has 1 aliphatic heterocycles. The second-order valence-corrected chi connectivity index (χ2v) is 6.13. The van der Waals surface area contributed by atoms with Crippen LogP contribution in [0.25, 0.3) is 0 Å². The Balaban J connectivity index is 2.13. The molecule has 0 spiro atoms. The topological polar surface area (TPSA) is 16.1 Å². The quantitative estimate of drug-likeness (QED) is 0.719. The number of nitrogens with zero attached hydrogens (tertiary/aromatic N) is 2. The molecule has 18 heavy (non-hydrogen) atoms. The van der Waals surface area contributed by atoms with E-state index < -0.39 is 0 Å². The Kier molecular flexibility index (Phi) is 5.51. The molecule has 1 atom stereocenters. The molecular formula is C15H24N2S. The van der Waals surface area contributed by atoms with Crippen LogP contribution in [-0.2, 0) is 0 Å². The van der Waals surface area contributed by atoms with Crippen LogP contribution in [0.2, 0.25) is 0 Å². The SMILES string of the molecule is CCCCN1CCC[C@H]1c1cccnc1SCC. The zero-order valence-corrected chi connectivity index (χ0v) is 12.4. The predicted molar refractivity (Wildman–Crippen MR) is 79.1 cm³/mol. The first kappa shape index (κ1) is 13.9.